The van der Waals surface area contributed by atoms with Crippen LogP contribution in [0.3, 0.4) is 0 Å². The molecule has 1 unspecified atom stereocenters. The predicted octanol–water partition coefficient (Wildman–Crippen LogP) is 2.64. The number of hydrogen-bond donors (Lipinski definition) is 1. The topological polar surface area (TPSA) is 46.5 Å². The number of amides is 1. The predicted molar refractivity (Wildman–Crippen MR) is 86.6 cm³/mol. The van der Waals surface area contributed by atoms with Crippen LogP contribution in [-0.2, 0) is 7.05 Å². The number of ether oxygens (including phenoxy) is 1. The lowest BCUT2D eigenvalue weighted by atomic mass is 10.2. The van der Waals surface area contributed by atoms with Gasteiger partial charge in [-0.3, -0.25) is 4.79 Å². The standard InChI is InChI=1S/C17H19F2N3O2/c1-21-9-4-6-14(21)16(23)20-12-8-10-22(11-12)13-5-2-3-7-15(13)24-17(18)19/h2-7,9,12,17H,8,10-11H2,1H3,(H,20,23). The molecule has 1 aromatic heterocycles. The van der Waals surface area contributed by atoms with E-state index < -0.39 is 6.61 Å². The van der Waals surface area contributed by atoms with Crippen molar-refractivity contribution >= 4 is 11.6 Å². The minimum absolute atomic E-state index is 0.0352. The first-order valence-corrected chi connectivity index (χ1v) is 7.75. The Balaban J connectivity index is 1.66. The molecular weight excluding hydrogens is 316 g/mol. The number of halogens is 2. The van der Waals surface area contributed by atoms with Gasteiger partial charge in [0.25, 0.3) is 5.91 Å². The van der Waals surface area contributed by atoms with Crippen molar-refractivity contribution in [2.45, 2.75) is 19.1 Å². The molecule has 1 atom stereocenters. The zero-order valence-electron chi connectivity index (χ0n) is 13.3. The van der Waals surface area contributed by atoms with Gasteiger partial charge in [-0.15, -0.1) is 0 Å². The van der Waals surface area contributed by atoms with E-state index in [2.05, 4.69) is 10.1 Å². The van der Waals surface area contributed by atoms with Crippen LogP contribution in [0.25, 0.3) is 0 Å². The number of nitrogens with zero attached hydrogens (tertiary/aromatic N) is 2. The summed E-state index contributed by atoms with van der Waals surface area (Å²) in [4.78, 5) is 14.2. The summed E-state index contributed by atoms with van der Waals surface area (Å²) in [5.74, 6) is 0.0216. The summed E-state index contributed by atoms with van der Waals surface area (Å²) >= 11 is 0. The number of alkyl halides is 2. The number of aryl methyl sites for hydroxylation is 1. The van der Waals surface area contributed by atoms with E-state index in [0.29, 0.717) is 24.5 Å². The van der Waals surface area contributed by atoms with Crippen molar-refractivity contribution < 1.29 is 18.3 Å². The highest BCUT2D eigenvalue weighted by Gasteiger charge is 2.27. The van der Waals surface area contributed by atoms with E-state index in [1.165, 1.54) is 6.07 Å². The van der Waals surface area contributed by atoms with Crippen LogP contribution < -0.4 is 15.0 Å². The molecule has 1 N–H and O–H groups in total. The van der Waals surface area contributed by atoms with Crippen LogP contribution in [0.5, 0.6) is 5.75 Å². The smallest absolute Gasteiger partial charge is 0.387 e. The molecule has 0 bridgehead atoms. The van der Waals surface area contributed by atoms with Crippen LogP contribution in [0, 0.1) is 0 Å². The molecule has 0 aliphatic carbocycles. The molecular formula is C17H19F2N3O2. The second-order valence-electron chi connectivity index (χ2n) is 5.76. The average molecular weight is 335 g/mol. The van der Waals surface area contributed by atoms with Gasteiger partial charge in [-0.05, 0) is 30.7 Å². The number of para-hydroxylation sites is 2. The summed E-state index contributed by atoms with van der Waals surface area (Å²) in [6.07, 6.45) is 2.56. The third-order valence-electron chi connectivity index (χ3n) is 4.12. The summed E-state index contributed by atoms with van der Waals surface area (Å²) in [6.45, 7) is -1.64. The van der Waals surface area contributed by atoms with E-state index in [4.69, 9.17) is 0 Å². The summed E-state index contributed by atoms with van der Waals surface area (Å²) in [6, 6.07) is 10.3. The van der Waals surface area contributed by atoms with Gasteiger partial charge in [0, 0.05) is 32.4 Å². The second-order valence-corrected chi connectivity index (χ2v) is 5.76. The molecule has 1 fully saturated rings. The van der Waals surface area contributed by atoms with Gasteiger partial charge in [0.05, 0.1) is 5.69 Å². The highest BCUT2D eigenvalue weighted by molar-refractivity contribution is 5.93. The van der Waals surface area contributed by atoms with Gasteiger partial charge in [0.15, 0.2) is 0 Å². The first kappa shape index (κ1) is 16.3. The van der Waals surface area contributed by atoms with Gasteiger partial charge in [-0.1, -0.05) is 12.1 Å². The van der Waals surface area contributed by atoms with Gasteiger partial charge in [-0.2, -0.15) is 8.78 Å². The molecule has 5 nitrogen and oxygen atoms in total. The number of aromatic nitrogens is 1. The van der Waals surface area contributed by atoms with Crippen molar-refractivity contribution in [1.29, 1.82) is 0 Å². The second kappa shape index (κ2) is 6.90. The monoisotopic (exact) mass is 335 g/mol. The van der Waals surface area contributed by atoms with E-state index in [0.717, 1.165) is 6.42 Å². The molecule has 24 heavy (non-hydrogen) atoms. The van der Waals surface area contributed by atoms with Crippen LogP contribution in [-0.4, -0.2) is 36.2 Å². The van der Waals surface area contributed by atoms with Crippen LogP contribution in [0.4, 0.5) is 14.5 Å². The maximum absolute atomic E-state index is 12.5. The van der Waals surface area contributed by atoms with Crippen LogP contribution >= 0.6 is 0 Å². The Kier molecular flexibility index (Phi) is 4.69. The highest BCUT2D eigenvalue weighted by atomic mass is 19.3. The van der Waals surface area contributed by atoms with Gasteiger partial charge < -0.3 is 19.5 Å². The molecule has 1 saturated heterocycles. The number of carbonyl (C=O) groups is 1. The molecule has 1 aromatic carbocycles. The van der Waals surface area contributed by atoms with E-state index >= 15 is 0 Å². The molecule has 2 aromatic rings. The minimum Gasteiger partial charge on any atom is -0.433 e. The number of hydrogen-bond acceptors (Lipinski definition) is 3. The third kappa shape index (κ3) is 3.50. The van der Waals surface area contributed by atoms with Gasteiger partial charge in [-0.25, -0.2) is 0 Å². The quantitative estimate of drug-likeness (QED) is 0.914. The SMILES string of the molecule is Cn1cccc1C(=O)NC1CCN(c2ccccc2OC(F)F)C1. The Bertz CT molecular complexity index is 717. The fraction of sp³-hybridized carbons (Fsp3) is 0.353. The fourth-order valence-corrected chi connectivity index (χ4v) is 2.97. The van der Waals surface area contributed by atoms with Crippen molar-refractivity contribution in [3.63, 3.8) is 0 Å². The van der Waals surface area contributed by atoms with Crippen LogP contribution in [0.2, 0.25) is 0 Å². The Hall–Kier alpha value is -2.57. The molecule has 1 amide bonds. The Morgan fingerprint density at radius 1 is 1.29 bits per heavy atom. The Labute approximate surface area is 138 Å². The van der Waals surface area contributed by atoms with E-state index in [9.17, 15) is 13.6 Å². The zero-order valence-corrected chi connectivity index (χ0v) is 13.3. The molecule has 2 heterocycles. The van der Waals surface area contributed by atoms with Gasteiger partial charge in [0.1, 0.15) is 11.4 Å². The van der Waals surface area contributed by atoms with Crippen molar-refractivity contribution in [2.24, 2.45) is 7.05 Å². The lowest BCUT2D eigenvalue weighted by Gasteiger charge is -2.22. The molecule has 0 spiro atoms. The number of rotatable bonds is 5. The number of benzene rings is 1. The maximum Gasteiger partial charge on any atom is 0.387 e. The number of carbonyl (C=O) groups excluding carboxylic acids is 1. The molecule has 1 aliphatic heterocycles. The first-order valence-electron chi connectivity index (χ1n) is 7.75. The minimum atomic E-state index is -2.86. The van der Waals surface area contributed by atoms with Crippen molar-refractivity contribution in [3.05, 3.63) is 48.3 Å². The third-order valence-corrected chi connectivity index (χ3v) is 4.12. The maximum atomic E-state index is 12.5. The van der Waals surface area contributed by atoms with Crippen molar-refractivity contribution in [3.8, 4) is 5.75 Å². The van der Waals surface area contributed by atoms with Gasteiger partial charge >= 0.3 is 6.61 Å². The first-order chi connectivity index (χ1) is 11.5. The van der Waals surface area contributed by atoms with Crippen molar-refractivity contribution in [2.75, 3.05) is 18.0 Å². The van der Waals surface area contributed by atoms with E-state index in [1.54, 1.807) is 28.8 Å². The van der Waals surface area contributed by atoms with Crippen molar-refractivity contribution in [1.82, 2.24) is 9.88 Å². The van der Waals surface area contributed by atoms with Crippen LogP contribution in [0.1, 0.15) is 16.9 Å². The molecule has 0 saturated carbocycles. The van der Waals surface area contributed by atoms with E-state index in [1.807, 2.05) is 24.2 Å². The highest BCUT2D eigenvalue weighted by Crippen LogP contribution is 2.31. The molecule has 0 radical (unpaired) electrons. The lowest BCUT2D eigenvalue weighted by Crippen LogP contribution is -2.37. The summed E-state index contributed by atoms with van der Waals surface area (Å²) in [7, 11) is 1.81. The summed E-state index contributed by atoms with van der Waals surface area (Å²) in [5, 5.41) is 2.99. The Morgan fingerprint density at radius 3 is 2.79 bits per heavy atom. The Morgan fingerprint density at radius 2 is 2.08 bits per heavy atom. The fourth-order valence-electron chi connectivity index (χ4n) is 2.97. The summed E-state index contributed by atoms with van der Waals surface area (Å²) < 4.78 is 31.4. The van der Waals surface area contributed by atoms with Gasteiger partial charge in [0.2, 0.25) is 0 Å². The number of anilines is 1. The normalized spacial score (nSPS) is 17.3. The molecule has 1 aliphatic rings. The largest absolute Gasteiger partial charge is 0.433 e. The molecule has 128 valence electrons. The zero-order chi connectivity index (χ0) is 17.1. The van der Waals surface area contributed by atoms with E-state index in [-0.39, 0.29) is 17.7 Å². The molecule has 3 rings (SSSR count). The lowest BCUT2D eigenvalue weighted by molar-refractivity contribution is -0.0495. The molecule has 7 heteroatoms. The summed E-state index contributed by atoms with van der Waals surface area (Å²) in [5.41, 5.74) is 1.21. The number of nitrogens with one attached hydrogen (secondary N) is 1. The average Bonchev–Trinajstić information content (AvgIpc) is 3.16. The van der Waals surface area contributed by atoms with Crippen LogP contribution in [0.15, 0.2) is 42.6 Å².